The van der Waals surface area contributed by atoms with Crippen LogP contribution in [0.3, 0.4) is 0 Å². The van der Waals surface area contributed by atoms with Crippen LogP contribution in [-0.2, 0) is 24.1 Å². The molecule has 6 heteroatoms. The second-order valence-corrected chi connectivity index (χ2v) is 7.13. The van der Waals surface area contributed by atoms with E-state index in [1.165, 1.54) is 23.3 Å². The predicted molar refractivity (Wildman–Crippen MR) is 94.3 cm³/mol. The Morgan fingerprint density at radius 3 is 3.04 bits per heavy atom. The molecule has 2 aromatic heterocycles. The number of aromatic nitrogens is 2. The van der Waals surface area contributed by atoms with Crippen molar-refractivity contribution in [3.63, 3.8) is 0 Å². The normalized spacial score (nSPS) is 13.8. The van der Waals surface area contributed by atoms with Gasteiger partial charge in [-0.05, 0) is 44.2 Å². The maximum atomic E-state index is 12.3. The maximum Gasteiger partial charge on any atom is 0.259 e. The average molecular weight is 335 g/mol. The van der Waals surface area contributed by atoms with Gasteiger partial charge >= 0.3 is 0 Å². The number of unbranched alkanes of at least 4 members (excludes halogenated alkanes) is 1. The van der Waals surface area contributed by atoms with Gasteiger partial charge in [-0.2, -0.15) is 0 Å². The molecule has 0 aromatic carbocycles. The van der Waals surface area contributed by atoms with Crippen molar-refractivity contribution < 1.29 is 4.74 Å². The maximum absolute atomic E-state index is 12.3. The highest BCUT2D eigenvalue weighted by molar-refractivity contribution is 7.18. The lowest BCUT2D eigenvalue weighted by Gasteiger charge is -2.05. The Kier molecular flexibility index (Phi) is 5.80. The van der Waals surface area contributed by atoms with Gasteiger partial charge < -0.3 is 15.0 Å². The van der Waals surface area contributed by atoms with Gasteiger partial charge in [0.05, 0.1) is 11.9 Å². The summed E-state index contributed by atoms with van der Waals surface area (Å²) in [6.07, 6.45) is 6.57. The number of thiophene rings is 1. The molecule has 0 unspecified atom stereocenters. The Morgan fingerprint density at radius 2 is 2.17 bits per heavy atom. The molecule has 23 heavy (non-hydrogen) atoms. The number of aryl methyl sites for hydroxylation is 2. The molecule has 2 N–H and O–H groups in total. The van der Waals surface area contributed by atoms with E-state index in [0.717, 1.165) is 61.5 Å². The van der Waals surface area contributed by atoms with Crippen molar-refractivity contribution in [3.8, 4) is 0 Å². The van der Waals surface area contributed by atoms with Gasteiger partial charge in [-0.25, -0.2) is 4.98 Å². The largest absolute Gasteiger partial charge is 0.381 e. The molecule has 0 atom stereocenters. The molecule has 0 bridgehead atoms. The van der Waals surface area contributed by atoms with E-state index in [2.05, 4.69) is 22.2 Å². The summed E-state index contributed by atoms with van der Waals surface area (Å²) >= 11 is 1.69. The first-order chi connectivity index (χ1) is 11.3. The quantitative estimate of drug-likeness (QED) is 0.692. The van der Waals surface area contributed by atoms with Crippen molar-refractivity contribution in [2.45, 2.75) is 52.0 Å². The third-order valence-electron chi connectivity index (χ3n) is 4.20. The molecule has 0 saturated heterocycles. The Hall–Kier alpha value is -1.24. The number of fused-ring (bicyclic) bond motifs is 3. The van der Waals surface area contributed by atoms with Gasteiger partial charge in [0.1, 0.15) is 10.7 Å². The van der Waals surface area contributed by atoms with Gasteiger partial charge in [-0.3, -0.25) is 4.79 Å². The highest BCUT2D eigenvalue weighted by Gasteiger charge is 2.20. The van der Waals surface area contributed by atoms with Gasteiger partial charge in [0.25, 0.3) is 5.56 Å². The van der Waals surface area contributed by atoms with Crippen molar-refractivity contribution in [1.29, 1.82) is 0 Å². The third-order valence-corrected chi connectivity index (χ3v) is 5.39. The predicted octanol–water partition coefficient (Wildman–Crippen LogP) is 2.77. The van der Waals surface area contributed by atoms with Crippen LogP contribution >= 0.6 is 11.3 Å². The zero-order valence-electron chi connectivity index (χ0n) is 13.7. The van der Waals surface area contributed by atoms with E-state index in [0.29, 0.717) is 6.54 Å². The van der Waals surface area contributed by atoms with Gasteiger partial charge in [0.2, 0.25) is 0 Å². The standard InChI is InChI=1S/C17H25N3O2S/c1-2-3-9-22-10-5-8-18-11-14-19-16(21)15-12-6-4-7-13(12)23-17(15)20-14/h18H,2-11H2,1H3,(H,19,20,21). The van der Waals surface area contributed by atoms with Gasteiger partial charge in [0.15, 0.2) is 0 Å². The molecule has 0 fully saturated rings. The first-order valence-corrected chi connectivity index (χ1v) is 9.43. The van der Waals surface area contributed by atoms with E-state index in [1.807, 2.05) is 0 Å². The van der Waals surface area contributed by atoms with E-state index in [-0.39, 0.29) is 5.56 Å². The zero-order valence-corrected chi connectivity index (χ0v) is 14.6. The fourth-order valence-electron chi connectivity index (χ4n) is 2.99. The van der Waals surface area contributed by atoms with Crippen molar-refractivity contribution in [2.75, 3.05) is 19.8 Å². The molecule has 5 nitrogen and oxygen atoms in total. The first-order valence-electron chi connectivity index (χ1n) is 8.61. The molecule has 1 aliphatic carbocycles. The van der Waals surface area contributed by atoms with E-state index in [4.69, 9.17) is 4.74 Å². The van der Waals surface area contributed by atoms with Crippen molar-refractivity contribution >= 4 is 21.6 Å². The molecule has 1 aliphatic rings. The van der Waals surface area contributed by atoms with Crippen LogP contribution in [0.4, 0.5) is 0 Å². The molecule has 126 valence electrons. The summed E-state index contributed by atoms with van der Waals surface area (Å²) in [7, 11) is 0. The molecular weight excluding hydrogens is 310 g/mol. The van der Waals surface area contributed by atoms with Crippen LogP contribution in [0.1, 0.15) is 48.9 Å². The second kappa shape index (κ2) is 8.04. The number of nitrogens with one attached hydrogen (secondary N) is 2. The van der Waals surface area contributed by atoms with Crippen LogP contribution in [-0.4, -0.2) is 29.7 Å². The van der Waals surface area contributed by atoms with Gasteiger partial charge in [-0.1, -0.05) is 13.3 Å². The minimum Gasteiger partial charge on any atom is -0.381 e. The Bertz CT molecular complexity index is 708. The van der Waals surface area contributed by atoms with Crippen LogP contribution < -0.4 is 10.9 Å². The fraction of sp³-hybridized carbons (Fsp3) is 0.647. The van der Waals surface area contributed by atoms with Crippen LogP contribution in [0, 0.1) is 0 Å². The summed E-state index contributed by atoms with van der Waals surface area (Å²) < 4.78 is 5.53. The molecule has 2 aromatic rings. The molecule has 0 radical (unpaired) electrons. The summed E-state index contributed by atoms with van der Waals surface area (Å²) in [6, 6.07) is 0. The third kappa shape index (κ3) is 4.00. The number of H-pyrrole nitrogens is 1. The van der Waals surface area contributed by atoms with Crippen LogP contribution in [0.25, 0.3) is 10.2 Å². The lowest BCUT2D eigenvalue weighted by Crippen LogP contribution is -2.21. The molecule has 0 aliphatic heterocycles. The highest BCUT2D eigenvalue weighted by atomic mass is 32.1. The van der Waals surface area contributed by atoms with Crippen molar-refractivity contribution in [3.05, 3.63) is 26.6 Å². The van der Waals surface area contributed by atoms with Crippen LogP contribution in [0.15, 0.2) is 4.79 Å². The monoisotopic (exact) mass is 335 g/mol. The Labute approximate surface area is 140 Å². The van der Waals surface area contributed by atoms with Crippen molar-refractivity contribution in [1.82, 2.24) is 15.3 Å². The minimum absolute atomic E-state index is 0.0223. The molecule has 0 spiro atoms. The number of hydrogen-bond donors (Lipinski definition) is 2. The summed E-state index contributed by atoms with van der Waals surface area (Å²) in [4.78, 5) is 22.1. The Morgan fingerprint density at radius 1 is 1.30 bits per heavy atom. The molecule has 3 rings (SSSR count). The van der Waals surface area contributed by atoms with Gasteiger partial charge in [0, 0.05) is 18.1 Å². The molecule has 0 saturated carbocycles. The zero-order chi connectivity index (χ0) is 16.1. The smallest absolute Gasteiger partial charge is 0.259 e. The van der Waals surface area contributed by atoms with Crippen LogP contribution in [0.2, 0.25) is 0 Å². The molecule has 0 amide bonds. The first kappa shape index (κ1) is 16.6. The molecular formula is C17H25N3O2S. The second-order valence-electron chi connectivity index (χ2n) is 6.05. The van der Waals surface area contributed by atoms with Crippen molar-refractivity contribution in [2.24, 2.45) is 0 Å². The number of ether oxygens (including phenoxy) is 1. The van der Waals surface area contributed by atoms with Gasteiger partial charge in [-0.15, -0.1) is 11.3 Å². The van der Waals surface area contributed by atoms with Crippen LogP contribution in [0.5, 0.6) is 0 Å². The minimum atomic E-state index is 0.0223. The summed E-state index contributed by atoms with van der Waals surface area (Å²) in [5.41, 5.74) is 1.26. The number of nitrogens with zero attached hydrogens (tertiary/aromatic N) is 1. The number of rotatable bonds is 9. The summed E-state index contributed by atoms with van der Waals surface area (Å²) in [5.74, 6) is 0.731. The lowest BCUT2D eigenvalue weighted by molar-refractivity contribution is 0.128. The highest BCUT2D eigenvalue weighted by Crippen LogP contribution is 2.34. The fourth-order valence-corrected chi connectivity index (χ4v) is 4.27. The SMILES string of the molecule is CCCCOCCCNCc1nc2sc3c(c2c(=O)[nH]1)CCC3. The number of aromatic amines is 1. The molecule has 2 heterocycles. The Balaban J connectivity index is 1.50. The number of hydrogen-bond acceptors (Lipinski definition) is 5. The summed E-state index contributed by atoms with van der Waals surface area (Å²) in [6.45, 7) is 5.27. The average Bonchev–Trinajstić information content (AvgIpc) is 3.10. The van der Waals surface area contributed by atoms with E-state index >= 15 is 0 Å². The van der Waals surface area contributed by atoms with E-state index in [1.54, 1.807) is 11.3 Å². The summed E-state index contributed by atoms with van der Waals surface area (Å²) in [5, 5.41) is 4.16. The lowest BCUT2D eigenvalue weighted by atomic mass is 10.2. The van der Waals surface area contributed by atoms with E-state index < -0.39 is 0 Å². The topological polar surface area (TPSA) is 67.0 Å². The van der Waals surface area contributed by atoms with E-state index in [9.17, 15) is 4.79 Å².